The zero-order valence-electron chi connectivity index (χ0n) is 14.3. The molecule has 0 radical (unpaired) electrons. The van der Waals surface area contributed by atoms with Crippen molar-refractivity contribution in [1.29, 1.82) is 0 Å². The van der Waals surface area contributed by atoms with Crippen LogP contribution in [-0.4, -0.2) is 27.7 Å². The lowest BCUT2D eigenvalue weighted by Crippen LogP contribution is -1.97. The van der Waals surface area contributed by atoms with E-state index < -0.39 is 0 Å². The van der Waals surface area contributed by atoms with Crippen LogP contribution < -0.4 is 4.74 Å². The van der Waals surface area contributed by atoms with E-state index in [4.69, 9.17) is 4.74 Å². The number of nitrogens with zero attached hydrogens (tertiary/aromatic N) is 4. The van der Waals surface area contributed by atoms with Crippen LogP contribution in [0.15, 0.2) is 65.1 Å². The quantitative estimate of drug-likeness (QED) is 0.473. The molecule has 0 unspecified atom stereocenters. The number of thioether (sulfide) groups is 1. The predicted octanol–water partition coefficient (Wildman–Crippen LogP) is 4.16. The van der Waals surface area contributed by atoms with Crippen molar-refractivity contribution < 1.29 is 4.74 Å². The molecule has 0 spiro atoms. The van der Waals surface area contributed by atoms with Crippen LogP contribution in [0, 0.1) is 6.92 Å². The Labute approximate surface area is 151 Å². The molecule has 1 heterocycles. The fourth-order valence-electron chi connectivity index (χ4n) is 2.22. The maximum Gasteiger partial charge on any atom is 0.212 e. The highest BCUT2D eigenvalue weighted by molar-refractivity contribution is 7.98. The van der Waals surface area contributed by atoms with E-state index in [1.807, 2.05) is 31.2 Å². The molecule has 5 nitrogen and oxygen atoms in total. The third-order valence-corrected chi connectivity index (χ3v) is 4.53. The molecule has 0 saturated carbocycles. The molecule has 25 heavy (non-hydrogen) atoms. The largest absolute Gasteiger partial charge is 0.493 e. The van der Waals surface area contributed by atoms with E-state index in [0.29, 0.717) is 6.61 Å². The van der Waals surface area contributed by atoms with Gasteiger partial charge in [0, 0.05) is 11.3 Å². The molecule has 0 saturated heterocycles. The van der Waals surface area contributed by atoms with Gasteiger partial charge in [-0.15, -0.1) is 10.2 Å². The number of hydrogen-bond donors (Lipinski definition) is 0. The summed E-state index contributed by atoms with van der Waals surface area (Å²) in [5, 5.41) is 13.3. The fourth-order valence-corrected chi connectivity index (χ4v) is 3.04. The maximum atomic E-state index is 5.62. The number of para-hydroxylation sites is 1. The van der Waals surface area contributed by atoms with Gasteiger partial charge in [0.05, 0.1) is 12.8 Å². The molecule has 2 aromatic carbocycles. The summed E-state index contributed by atoms with van der Waals surface area (Å²) < 4.78 is 7.30. The van der Waals surface area contributed by atoms with E-state index in [0.717, 1.165) is 22.2 Å². The van der Waals surface area contributed by atoms with E-state index in [-0.39, 0.29) is 0 Å². The van der Waals surface area contributed by atoms with E-state index >= 15 is 0 Å². The van der Waals surface area contributed by atoms with Crippen LogP contribution in [0.1, 0.15) is 23.6 Å². The first kappa shape index (κ1) is 17.2. The Morgan fingerprint density at radius 2 is 1.96 bits per heavy atom. The van der Waals surface area contributed by atoms with Crippen LogP contribution >= 0.6 is 11.8 Å². The third-order valence-electron chi connectivity index (χ3n) is 3.53. The molecule has 0 atom stereocenters. The van der Waals surface area contributed by atoms with Crippen molar-refractivity contribution in [2.45, 2.75) is 24.8 Å². The number of rotatable bonds is 7. The molecular formula is C19H20N4OS. The minimum absolute atomic E-state index is 0.620. The normalized spacial score (nSPS) is 11.1. The van der Waals surface area contributed by atoms with Crippen LogP contribution in [0.5, 0.6) is 5.75 Å². The van der Waals surface area contributed by atoms with Gasteiger partial charge in [-0.1, -0.05) is 53.7 Å². The fraction of sp³-hybridized carbons (Fsp3) is 0.211. The summed E-state index contributed by atoms with van der Waals surface area (Å²) in [5.41, 5.74) is 3.43. The first-order chi connectivity index (χ1) is 12.3. The molecule has 0 aliphatic rings. The van der Waals surface area contributed by atoms with Crippen LogP contribution in [0.4, 0.5) is 0 Å². The second-order valence-corrected chi connectivity index (χ2v) is 6.39. The minimum atomic E-state index is 0.620. The summed E-state index contributed by atoms with van der Waals surface area (Å²) in [6.45, 7) is 4.67. The van der Waals surface area contributed by atoms with E-state index in [1.54, 1.807) is 29.0 Å². The van der Waals surface area contributed by atoms with E-state index in [1.165, 1.54) is 11.1 Å². The van der Waals surface area contributed by atoms with Gasteiger partial charge >= 0.3 is 0 Å². The monoisotopic (exact) mass is 352 g/mol. The molecule has 0 aliphatic carbocycles. The van der Waals surface area contributed by atoms with Gasteiger partial charge in [-0.25, -0.2) is 0 Å². The molecule has 3 rings (SSSR count). The topological polar surface area (TPSA) is 52.3 Å². The standard InChI is InChI=1S/C19H20N4OS/c1-3-24-18-7-5-4-6-17(18)12-21-23-14-20-22-19(23)25-13-16-10-8-15(2)9-11-16/h4-12,14H,3,13H2,1-2H3/b21-12+. The number of hydrogen-bond acceptors (Lipinski definition) is 5. The van der Waals surface area contributed by atoms with Crippen molar-refractivity contribution in [3.63, 3.8) is 0 Å². The summed E-state index contributed by atoms with van der Waals surface area (Å²) in [4.78, 5) is 0. The lowest BCUT2D eigenvalue weighted by atomic mass is 10.2. The van der Waals surface area contributed by atoms with Crippen molar-refractivity contribution in [1.82, 2.24) is 14.9 Å². The first-order valence-electron chi connectivity index (χ1n) is 8.11. The number of ether oxygens (including phenoxy) is 1. The molecule has 0 N–H and O–H groups in total. The molecule has 0 bridgehead atoms. The lowest BCUT2D eigenvalue weighted by molar-refractivity contribution is 0.340. The summed E-state index contributed by atoms with van der Waals surface area (Å²) in [6.07, 6.45) is 3.38. The minimum Gasteiger partial charge on any atom is -0.493 e. The van der Waals surface area contributed by atoms with Gasteiger partial charge in [-0.3, -0.25) is 0 Å². The van der Waals surface area contributed by atoms with Gasteiger partial charge in [0.15, 0.2) is 0 Å². The Morgan fingerprint density at radius 1 is 1.16 bits per heavy atom. The molecule has 0 aliphatic heterocycles. The van der Waals surface area contributed by atoms with Gasteiger partial charge in [-0.05, 0) is 31.5 Å². The van der Waals surface area contributed by atoms with Gasteiger partial charge in [0.1, 0.15) is 12.1 Å². The smallest absolute Gasteiger partial charge is 0.212 e. The zero-order valence-corrected chi connectivity index (χ0v) is 15.1. The SMILES string of the molecule is CCOc1ccccc1/C=N/n1cnnc1SCc1ccc(C)cc1. The van der Waals surface area contributed by atoms with Crippen LogP contribution in [0.3, 0.4) is 0 Å². The Hall–Kier alpha value is -2.60. The molecule has 128 valence electrons. The van der Waals surface area contributed by atoms with E-state index in [9.17, 15) is 0 Å². The summed E-state index contributed by atoms with van der Waals surface area (Å²) in [6, 6.07) is 16.3. The van der Waals surface area contributed by atoms with Gasteiger partial charge in [-0.2, -0.15) is 9.78 Å². The molecule has 0 fully saturated rings. The molecule has 0 amide bonds. The lowest BCUT2D eigenvalue weighted by Gasteiger charge is -2.06. The number of aromatic nitrogens is 3. The first-order valence-corrected chi connectivity index (χ1v) is 9.09. The predicted molar refractivity (Wildman–Crippen MR) is 101 cm³/mol. The summed E-state index contributed by atoms with van der Waals surface area (Å²) in [5.74, 6) is 1.64. The maximum absolute atomic E-state index is 5.62. The third kappa shape index (κ3) is 4.70. The Balaban J connectivity index is 1.70. The van der Waals surface area contributed by atoms with Crippen molar-refractivity contribution in [2.75, 3.05) is 6.61 Å². The molecule has 6 heteroatoms. The van der Waals surface area contributed by atoms with Crippen molar-refractivity contribution in [3.8, 4) is 5.75 Å². The summed E-state index contributed by atoms with van der Waals surface area (Å²) >= 11 is 1.61. The van der Waals surface area contributed by atoms with Gasteiger partial charge < -0.3 is 4.74 Å². The highest BCUT2D eigenvalue weighted by Crippen LogP contribution is 2.21. The average molecular weight is 352 g/mol. The van der Waals surface area contributed by atoms with Gasteiger partial charge in [0.2, 0.25) is 5.16 Å². The molecule has 3 aromatic rings. The zero-order chi connectivity index (χ0) is 17.5. The highest BCUT2D eigenvalue weighted by Gasteiger charge is 2.05. The second kappa shape index (κ2) is 8.48. The molecule has 1 aromatic heterocycles. The Morgan fingerprint density at radius 3 is 2.76 bits per heavy atom. The molecular weight excluding hydrogens is 332 g/mol. The van der Waals surface area contributed by atoms with Crippen LogP contribution in [0.25, 0.3) is 0 Å². The summed E-state index contributed by atoms with van der Waals surface area (Å²) in [7, 11) is 0. The number of aryl methyl sites for hydroxylation is 1. The van der Waals surface area contributed by atoms with Crippen LogP contribution in [-0.2, 0) is 5.75 Å². The van der Waals surface area contributed by atoms with E-state index in [2.05, 4.69) is 46.5 Å². The Bertz CT molecular complexity index is 843. The second-order valence-electron chi connectivity index (χ2n) is 5.45. The number of benzene rings is 2. The Kier molecular flexibility index (Phi) is 5.85. The van der Waals surface area contributed by atoms with Crippen molar-refractivity contribution >= 4 is 18.0 Å². The van der Waals surface area contributed by atoms with Crippen molar-refractivity contribution in [2.24, 2.45) is 5.10 Å². The van der Waals surface area contributed by atoms with Gasteiger partial charge in [0.25, 0.3) is 0 Å². The van der Waals surface area contributed by atoms with Crippen LogP contribution in [0.2, 0.25) is 0 Å². The van der Waals surface area contributed by atoms with Crippen molar-refractivity contribution in [3.05, 3.63) is 71.5 Å². The average Bonchev–Trinajstić information content (AvgIpc) is 3.08. The highest BCUT2D eigenvalue weighted by atomic mass is 32.2.